The zero-order valence-corrected chi connectivity index (χ0v) is 16.9. The molecular formula is C24H20ClNO4. The summed E-state index contributed by atoms with van der Waals surface area (Å²) < 4.78 is 5.98. The average molecular weight is 422 g/mol. The second kappa shape index (κ2) is 8.59. The van der Waals surface area contributed by atoms with Gasteiger partial charge in [0.1, 0.15) is 18.0 Å². The van der Waals surface area contributed by atoms with Gasteiger partial charge in [-0.1, -0.05) is 48.0 Å². The first-order chi connectivity index (χ1) is 14.5. The largest absolute Gasteiger partial charge is 0.487 e. The molecule has 0 spiro atoms. The molecule has 0 saturated carbocycles. The Labute approximate surface area is 179 Å². The molecule has 1 amide bonds. The van der Waals surface area contributed by atoms with Crippen molar-refractivity contribution in [3.63, 3.8) is 0 Å². The van der Waals surface area contributed by atoms with E-state index in [2.05, 4.69) is 0 Å². The van der Waals surface area contributed by atoms with Crippen molar-refractivity contribution >= 4 is 29.2 Å². The van der Waals surface area contributed by atoms with Crippen molar-refractivity contribution in [2.24, 2.45) is 0 Å². The first-order valence-electron chi connectivity index (χ1n) is 9.68. The number of fused-ring (bicyclic) bond motifs is 1. The molecule has 0 atom stereocenters. The first kappa shape index (κ1) is 20.0. The van der Waals surface area contributed by atoms with Crippen LogP contribution >= 0.6 is 11.6 Å². The number of ether oxygens (including phenoxy) is 1. The summed E-state index contributed by atoms with van der Waals surface area (Å²) >= 11 is 5.93. The van der Waals surface area contributed by atoms with Crippen molar-refractivity contribution in [1.82, 2.24) is 0 Å². The lowest BCUT2D eigenvalue weighted by Gasteiger charge is -2.25. The van der Waals surface area contributed by atoms with E-state index < -0.39 is 5.97 Å². The van der Waals surface area contributed by atoms with Gasteiger partial charge in [-0.15, -0.1) is 0 Å². The van der Waals surface area contributed by atoms with Crippen LogP contribution < -0.4 is 9.64 Å². The lowest BCUT2D eigenvalue weighted by molar-refractivity contribution is 0.0697. The molecular weight excluding hydrogens is 402 g/mol. The minimum absolute atomic E-state index is 0.0383. The molecule has 152 valence electrons. The third kappa shape index (κ3) is 4.02. The van der Waals surface area contributed by atoms with Crippen LogP contribution in [0.5, 0.6) is 5.75 Å². The molecule has 1 aliphatic heterocycles. The summed E-state index contributed by atoms with van der Waals surface area (Å²) in [4.78, 5) is 26.8. The summed E-state index contributed by atoms with van der Waals surface area (Å²) in [6.45, 7) is 0.640. The maximum Gasteiger partial charge on any atom is 0.337 e. The van der Waals surface area contributed by atoms with Crippen LogP contribution in [0.3, 0.4) is 0 Å². The van der Waals surface area contributed by atoms with Crippen molar-refractivity contribution in [3.05, 3.63) is 94.0 Å². The molecule has 0 aliphatic carbocycles. The van der Waals surface area contributed by atoms with Crippen LogP contribution in [-0.2, 0) is 13.0 Å². The van der Waals surface area contributed by atoms with E-state index in [1.807, 2.05) is 30.3 Å². The lowest BCUT2D eigenvalue weighted by atomic mass is 10.0. The van der Waals surface area contributed by atoms with Crippen LogP contribution in [0.1, 0.15) is 38.3 Å². The molecule has 0 radical (unpaired) electrons. The number of hydrogen-bond donors (Lipinski definition) is 1. The molecule has 0 bridgehead atoms. The SMILES string of the molecule is O=C(O)c1cccc(OCc2ccc(Cl)cc2)c1N1CCCc2ccccc2C1=O. The zero-order chi connectivity index (χ0) is 21.1. The summed E-state index contributed by atoms with van der Waals surface area (Å²) in [5.74, 6) is -0.960. The number of hydrogen-bond acceptors (Lipinski definition) is 3. The van der Waals surface area contributed by atoms with E-state index in [1.165, 1.54) is 11.0 Å². The summed E-state index contributed by atoms with van der Waals surface area (Å²) in [7, 11) is 0. The van der Waals surface area contributed by atoms with E-state index in [9.17, 15) is 14.7 Å². The summed E-state index contributed by atoms with van der Waals surface area (Å²) in [6.07, 6.45) is 1.49. The fourth-order valence-corrected chi connectivity index (χ4v) is 3.79. The number of carboxylic acid groups (broad SMARTS) is 1. The van der Waals surface area contributed by atoms with Gasteiger partial charge in [0, 0.05) is 17.1 Å². The Morgan fingerprint density at radius 1 is 1.03 bits per heavy atom. The van der Waals surface area contributed by atoms with Crippen molar-refractivity contribution < 1.29 is 19.4 Å². The number of amides is 1. The van der Waals surface area contributed by atoms with Gasteiger partial charge in [0.2, 0.25) is 0 Å². The number of carbonyl (C=O) groups excluding carboxylic acids is 1. The molecule has 1 N–H and O–H groups in total. The van der Waals surface area contributed by atoms with E-state index in [0.717, 1.165) is 24.0 Å². The maximum absolute atomic E-state index is 13.3. The van der Waals surface area contributed by atoms with Gasteiger partial charge in [-0.05, 0) is 54.3 Å². The average Bonchev–Trinajstić information content (AvgIpc) is 2.92. The van der Waals surface area contributed by atoms with Crippen LogP contribution in [0.2, 0.25) is 5.02 Å². The highest BCUT2D eigenvalue weighted by molar-refractivity contribution is 6.30. The van der Waals surface area contributed by atoms with Crippen LogP contribution in [0.25, 0.3) is 0 Å². The van der Waals surface area contributed by atoms with Gasteiger partial charge < -0.3 is 14.7 Å². The van der Waals surface area contributed by atoms with E-state index in [-0.39, 0.29) is 18.1 Å². The topological polar surface area (TPSA) is 66.8 Å². The highest BCUT2D eigenvalue weighted by Gasteiger charge is 2.29. The van der Waals surface area contributed by atoms with Gasteiger partial charge in [-0.2, -0.15) is 0 Å². The Morgan fingerprint density at radius 3 is 2.57 bits per heavy atom. The minimum Gasteiger partial charge on any atom is -0.487 e. The quantitative estimate of drug-likeness (QED) is 0.614. The highest BCUT2D eigenvalue weighted by Crippen LogP contribution is 2.36. The maximum atomic E-state index is 13.3. The van der Waals surface area contributed by atoms with Gasteiger partial charge in [0.05, 0.1) is 5.56 Å². The number of carbonyl (C=O) groups is 2. The molecule has 3 aromatic rings. The molecule has 0 aromatic heterocycles. The smallest absolute Gasteiger partial charge is 0.337 e. The normalized spacial score (nSPS) is 13.5. The number of rotatable bonds is 5. The van der Waals surface area contributed by atoms with E-state index >= 15 is 0 Å². The predicted molar refractivity (Wildman–Crippen MR) is 116 cm³/mol. The van der Waals surface area contributed by atoms with E-state index in [0.29, 0.717) is 28.6 Å². The predicted octanol–water partition coefficient (Wildman–Crippen LogP) is 5.21. The highest BCUT2D eigenvalue weighted by atomic mass is 35.5. The van der Waals surface area contributed by atoms with Gasteiger partial charge in [-0.3, -0.25) is 4.79 Å². The molecule has 3 aromatic carbocycles. The number of para-hydroxylation sites is 1. The molecule has 4 rings (SSSR count). The number of halogens is 1. The Kier molecular flexibility index (Phi) is 5.72. The Morgan fingerprint density at radius 2 is 1.80 bits per heavy atom. The van der Waals surface area contributed by atoms with Crippen LogP contribution in [0.15, 0.2) is 66.7 Å². The summed E-state index contributed by atoms with van der Waals surface area (Å²) in [5.41, 5.74) is 2.79. The van der Waals surface area contributed by atoms with Gasteiger partial charge >= 0.3 is 5.97 Å². The monoisotopic (exact) mass is 421 g/mol. The second-order valence-corrected chi connectivity index (χ2v) is 7.53. The van der Waals surface area contributed by atoms with E-state index in [1.54, 1.807) is 30.3 Å². The third-order valence-corrected chi connectivity index (χ3v) is 5.38. The number of benzene rings is 3. The van der Waals surface area contributed by atoms with Crippen molar-refractivity contribution in [1.29, 1.82) is 0 Å². The Bertz CT molecular complexity index is 1090. The number of aromatic carboxylic acids is 1. The van der Waals surface area contributed by atoms with E-state index in [4.69, 9.17) is 16.3 Å². The molecule has 6 heteroatoms. The van der Waals surface area contributed by atoms with Crippen molar-refractivity contribution in [3.8, 4) is 5.75 Å². The van der Waals surface area contributed by atoms with Crippen LogP contribution in [-0.4, -0.2) is 23.5 Å². The second-order valence-electron chi connectivity index (χ2n) is 7.09. The number of anilines is 1. The lowest BCUT2D eigenvalue weighted by Crippen LogP contribution is -2.32. The summed E-state index contributed by atoms with van der Waals surface area (Å²) in [6, 6.07) is 19.5. The fraction of sp³-hybridized carbons (Fsp3) is 0.167. The minimum atomic E-state index is -1.10. The van der Waals surface area contributed by atoms with Gasteiger partial charge in [-0.25, -0.2) is 4.79 Å². The van der Waals surface area contributed by atoms with Gasteiger partial charge in [0.15, 0.2) is 0 Å². The molecule has 0 saturated heterocycles. The fourth-order valence-electron chi connectivity index (χ4n) is 3.67. The standard InChI is InChI=1S/C24H20ClNO4/c25-18-12-10-16(11-13-18)15-30-21-9-3-8-20(24(28)29)22(21)26-14-4-6-17-5-1-2-7-19(17)23(26)27/h1-3,5,7-13H,4,6,14-15H2,(H,28,29). The molecule has 5 nitrogen and oxygen atoms in total. The molecule has 1 heterocycles. The first-order valence-corrected chi connectivity index (χ1v) is 10.1. The molecule has 30 heavy (non-hydrogen) atoms. The Balaban J connectivity index is 1.73. The number of aryl methyl sites for hydroxylation is 1. The number of carboxylic acids is 1. The third-order valence-electron chi connectivity index (χ3n) is 5.13. The molecule has 0 unspecified atom stereocenters. The summed E-state index contributed by atoms with van der Waals surface area (Å²) in [5, 5.41) is 10.4. The van der Waals surface area contributed by atoms with Crippen LogP contribution in [0, 0.1) is 0 Å². The van der Waals surface area contributed by atoms with Gasteiger partial charge in [0.25, 0.3) is 5.91 Å². The Hall–Kier alpha value is -3.31. The van der Waals surface area contributed by atoms with Crippen molar-refractivity contribution in [2.45, 2.75) is 19.4 Å². The van der Waals surface area contributed by atoms with Crippen molar-refractivity contribution in [2.75, 3.05) is 11.4 Å². The number of nitrogens with zero attached hydrogens (tertiary/aromatic N) is 1. The molecule has 0 fully saturated rings. The molecule has 1 aliphatic rings. The van der Waals surface area contributed by atoms with Crippen LogP contribution in [0.4, 0.5) is 5.69 Å². The zero-order valence-electron chi connectivity index (χ0n) is 16.2.